The minimum absolute atomic E-state index is 0.0587. The van der Waals surface area contributed by atoms with Gasteiger partial charge in [-0.05, 0) is 32.7 Å². The summed E-state index contributed by atoms with van der Waals surface area (Å²) in [6.07, 6.45) is 0.848. The second kappa shape index (κ2) is 6.13. The molecule has 0 aromatic carbocycles. The van der Waals surface area contributed by atoms with Crippen LogP contribution in [0.4, 0.5) is 0 Å². The molecule has 1 fully saturated rings. The van der Waals surface area contributed by atoms with Gasteiger partial charge in [0.1, 0.15) is 11.6 Å². The van der Waals surface area contributed by atoms with Crippen LogP contribution in [0.15, 0.2) is 0 Å². The zero-order chi connectivity index (χ0) is 15.6. The van der Waals surface area contributed by atoms with Crippen molar-refractivity contribution in [2.24, 2.45) is 18.4 Å². The molecule has 1 aliphatic heterocycles. The molecule has 0 aliphatic carbocycles. The van der Waals surface area contributed by atoms with Crippen LogP contribution in [-0.2, 0) is 23.1 Å². The molecule has 2 rings (SSSR count). The van der Waals surface area contributed by atoms with Gasteiger partial charge in [0.15, 0.2) is 0 Å². The highest BCUT2D eigenvalue weighted by atomic mass is 16.5. The Balaban J connectivity index is 2.10. The minimum Gasteiger partial charge on any atom is -0.466 e. The Morgan fingerprint density at radius 1 is 1.43 bits per heavy atom. The summed E-state index contributed by atoms with van der Waals surface area (Å²) in [5, 5.41) is 8.30. The van der Waals surface area contributed by atoms with Crippen LogP contribution in [0, 0.1) is 18.3 Å². The lowest BCUT2D eigenvalue weighted by atomic mass is 9.76. The van der Waals surface area contributed by atoms with Gasteiger partial charge in [0, 0.05) is 13.6 Å². The van der Waals surface area contributed by atoms with Crippen molar-refractivity contribution in [1.29, 1.82) is 0 Å². The first-order valence-electron chi connectivity index (χ1n) is 7.65. The number of nitrogens with zero attached hydrogens (tertiary/aromatic N) is 4. The molecule has 2 heterocycles. The fourth-order valence-electron chi connectivity index (χ4n) is 2.99. The van der Waals surface area contributed by atoms with Crippen molar-refractivity contribution in [1.82, 2.24) is 19.7 Å². The molecular weight excluding hydrogens is 268 g/mol. The lowest BCUT2D eigenvalue weighted by molar-refractivity contribution is -0.157. The Morgan fingerprint density at radius 3 is 2.67 bits per heavy atom. The highest BCUT2D eigenvalue weighted by molar-refractivity contribution is 5.78. The lowest BCUT2D eigenvalue weighted by Gasteiger charge is -2.31. The maximum atomic E-state index is 12.4. The van der Waals surface area contributed by atoms with Gasteiger partial charge < -0.3 is 9.30 Å². The molecule has 118 valence electrons. The van der Waals surface area contributed by atoms with Crippen LogP contribution >= 0.6 is 0 Å². The Labute approximate surface area is 126 Å². The largest absolute Gasteiger partial charge is 0.466 e. The van der Waals surface area contributed by atoms with E-state index in [4.69, 9.17) is 4.74 Å². The van der Waals surface area contributed by atoms with E-state index in [1.807, 2.05) is 25.5 Å². The molecule has 0 saturated carbocycles. The Morgan fingerprint density at radius 2 is 2.14 bits per heavy atom. The zero-order valence-corrected chi connectivity index (χ0v) is 13.7. The smallest absolute Gasteiger partial charge is 0.313 e. The summed E-state index contributed by atoms with van der Waals surface area (Å²) < 4.78 is 7.32. The maximum Gasteiger partial charge on any atom is 0.313 e. The highest BCUT2D eigenvalue weighted by Crippen LogP contribution is 2.39. The van der Waals surface area contributed by atoms with Crippen molar-refractivity contribution in [2.75, 3.05) is 19.7 Å². The van der Waals surface area contributed by atoms with Crippen molar-refractivity contribution in [3.05, 3.63) is 11.6 Å². The van der Waals surface area contributed by atoms with Crippen LogP contribution in [0.1, 0.15) is 38.8 Å². The number of likely N-dealkylation sites (tertiary alicyclic amines) is 1. The lowest BCUT2D eigenvalue weighted by Crippen LogP contribution is -2.40. The molecule has 0 radical (unpaired) electrons. The van der Waals surface area contributed by atoms with Crippen LogP contribution in [-0.4, -0.2) is 45.3 Å². The number of aryl methyl sites for hydroxylation is 1. The van der Waals surface area contributed by atoms with Crippen molar-refractivity contribution >= 4 is 5.97 Å². The molecule has 1 saturated heterocycles. The third-order valence-electron chi connectivity index (χ3n) is 4.71. The molecule has 0 amide bonds. The number of ether oxygens (including phenoxy) is 1. The SMILES string of the molecule is CCOC(=O)C1(C(C)C)CCN(Cc2nnc(C)n2C)C1. The summed E-state index contributed by atoms with van der Waals surface area (Å²) in [5.41, 5.74) is -0.385. The first-order valence-corrected chi connectivity index (χ1v) is 7.65. The summed E-state index contributed by atoms with van der Waals surface area (Å²) >= 11 is 0. The summed E-state index contributed by atoms with van der Waals surface area (Å²) in [7, 11) is 1.97. The van der Waals surface area contributed by atoms with Gasteiger partial charge in [0.25, 0.3) is 0 Å². The van der Waals surface area contributed by atoms with E-state index in [1.54, 1.807) is 0 Å². The van der Waals surface area contributed by atoms with Gasteiger partial charge in [-0.1, -0.05) is 13.8 Å². The molecule has 1 atom stereocenters. The van der Waals surface area contributed by atoms with Gasteiger partial charge in [0.05, 0.1) is 18.6 Å². The fourth-order valence-corrected chi connectivity index (χ4v) is 2.99. The van der Waals surface area contributed by atoms with E-state index in [9.17, 15) is 4.79 Å². The van der Waals surface area contributed by atoms with Crippen LogP contribution in [0.3, 0.4) is 0 Å². The van der Waals surface area contributed by atoms with Gasteiger partial charge in [-0.25, -0.2) is 0 Å². The average Bonchev–Trinajstić information content (AvgIpc) is 2.99. The quantitative estimate of drug-likeness (QED) is 0.771. The van der Waals surface area contributed by atoms with E-state index in [2.05, 4.69) is 28.9 Å². The number of carbonyl (C=O) groups excluding carboxylic acids is 1. The van der Waals surface area contributed by atoms with E-state index < -0.39 is 0 Å². The van der Waals surface area contributed by atoms with E-state index >= 15 is 0 Å². The fraction of sp³-hybridized carbons (Fsp3) is 0.800. The zero-order valence-electron chi connectivity index (χ0n) is 13.7. The van der Waals surface area contributed by atoms with Gasteiger partial charge >= 0.3 is 5.97 Å². The first-order chi connectivity index (χ1) is 9.90. The molecule has 0 bridgehead atoms. The molecule has 0 N–H and O–H groups in total. The summed E-state index contributed by atoms with van der Waals surface area (Å²) in [6.45, 7) is 10.8. The highest BCUT2D eigenvalue weighted by Gasteiger charge is 2.48. The van der Waals surface area contributed by atoms with E-state index in [0.29, 0.717) is 6.61 Å². The Bertz CT molecular complexity index is 512. The Kier molecular flexibility index (Phi) is 4.66. The second-order valence-electron chi connectivity index (χ2n) is 6.21. The predicted octanol–water partition coefficient (Wildman–Crippen LogP) is 1.53. The number of carbonyl (C=O) groups is 1. The third kappa shape index (κ3) is 2.95. The van der Waals surface area contributed by atoms with Gasteiger partial charge in [0.2, 0.25) is 0 Å². The minimum atomic E-state index is -0.385. The maximum absolute atomic E-state index is 12.4. The van der Waals surface area contributed by atoms with Crippen LogP contribution in [0.5, 0.6) is 0 Å². The molecule has 6 nitrogen and oxygen atoms in total. The topological polar surface area (TPSA) is 60.2 Å². The number of esters is 1. The number of hydrogen-bond acceptors (Lipinski definition) is 5. The molecule has 1 aromatic rings. The standard InChI is InChI=1S/C15H26N4O2/c1-6-21-14(20)15(11(2)3)7-8-19(10-15)9-13-17-16-12(4)18(13)5/h11H,6-10H2,1-5H3. The number of hydrogen-bond donors (Lipinski definition) is 0. The van der Waals surface area contributed by atoms with Crippen molar-refractivity contribution in [3.63, 3.8) is 0 Å². The summed E-state index contributed by atoms with van der Waals surface area (Å²) in [6, 6.07) is 0. The second-order valence-corrected chi connectivity index (χ2v) is 6.21. The average molecular weight is 294 g/mol. The van der Waals surface area contributed by atoms with E-state index in [0.717, 1.165) is 37.7 Å². The molecule has 1 aromatic heterocycles. The van der Waals surface area contributed by atoms with Crippen LogP contribution < -0.4 is 0 Å². The summed E-state index contributed by atoms with van der Waals surface area (Å²) in [4.78, 5) is 14.7. The Hall–Kier alpha value is -1.43. The van der Waals surface area contributed by atoms with E-state index in [-0.39, 0.29) is 17.3 Å². The molecule has 0 spiro atoms. The first kappa shape index (κ1) is 15.9. The summed E-state index contributed by atoms with van der Waals surface area (Å²) in [5.74, 6) is 2.06. The third-order valence-corrected chi connectivity index (χ3v) is 4.71. The van der Waals surface area contributed by atoms with Crippen molar-refractivity contribution < 1.29 is 9.53 Å². The van der Waals surface area contributed by atoms with Gasteiger partial charge in [-0.2, -0.15) is 0 Å². The van der Waals surface area contributed by atoms with Crippen LogP contribution in [0.2, 0.25) is 0 Å². The molecule has 1 unspecified atom stereocenters. The normalized spacial score (nSPS) is 23.0. The van der Waals surface area contributed by atoms with Crippen LogP contribution in [0.25, 0.3) is 0 Å². The van der Waals surface area contributed by atoms with Crippen molar-refractivity contribution in [3.8, 4) is 0 Å². The number of rotatable bonds is 5. The van der Waals surface area contributed by atoms with E-state index in [1.165, 1.54) is 0 Å². The monoisotopic (exact) mass is 294 g/mol. The van der Waals surface area contributed by atoms with Crippen molar-refractivity contribution in [2.45, 2.75) is 40.7 Å². The van der Waals surface area contributed by atoms with Gasteiger partial charge in [-0.15, -0.1) is 10.2 Å². The molecular formula is C15H26N4O2. The number of aromatic nitrogens is 3. The molecule has 6 heteroatoms. The molecule has 21 heavy (non-hydrogen) atoms. The molecule has 1 aliphatic rings. The van der Waals surface area contributed by atoms with Gasteiger partial charge in [-0.3, -0.25) is 9.69 Å². The predicted molar refractivity (Wildman–Crippen MR) is 79.5 cm³/mol.